The summed E-state index contributed by atoms with van der Waals surface area (Å²) in [5, 5.41) is 0. The zero-order valence-corrected chi connectivity index (χ0v) is 12.5. The standard InChI is InChI=1S/C14H24O6/c1-4-6-8-18-13(16)10-12(20-11(3)15)14(17)19-9-7-5-2/h12H,4-10H2,1-3H3. The van der Waals surface area contributed by atoms with Crippen molar-refractivity contribution in [2.75, 3.05) is 13.2 Å². The molecule has 6 nitrogen and oxygen atoms in total. The zero-order chi connectivity index (χ0) is 15.4. The van der Waals surface area contributed by atoms with Crippen molar-refractivity contribution >= 4 is 17.9 Å². The predicted octanol–water partition coefficient (Wildman–Crippen LogP) is 1.99. The molecule has 0 radical (unpaired) electrons. The molecule has 1 atom stereocenters. The molecule has 0 aromatic heterocycles. The minimum atomic E-state index is -1.22. The highest BCUT2D eigenvalue weighted by Gasteiger charge is 2.27. The number of carbonyl (C=O) groups is 3. The van der Waals surface area contributed by atoms with Gasteiger partial charge in [-0.25, -0.2) is 4.79 Å². The van der Waals surface area contributed by atoms with E-state index in [0.29, 0.717) is 6.61 Å². The molecular weight excluding hydrogens is 264 g/mol. The van der Waals surface area contributed by atoms with Crippen LogP contribution >= 0.6 is 0 Å². The lowest BCUT2D eigenvalue weighted by Gasteiger charge is -2.15. The first-order chi connectivity index (χ1) is 9.51. The number of carbonyl (C=O) groups excluding carboxylic acids is 3. The molecule has 0 aliphatic heterocycles. The summed E-state index contributed by atoms with van der Waals surface area (Å²) in [7, 11) is 0. The minimum absolute atomic E-state index is 0.248. The van der Waals surface area contributed by atoms with Crippen molar-refractivity contribution in [1.29, 1.82) is 0 Å². The van der Waals surface area contributed by atoms with Crippen LogP contribution in [0.1, 0.15) is 52.9 Å². The van der Waals surface area contributed by atoms with Crippen LogP contribution in [0.25, 0.3) is 0 Å². The van der Waals surface area contributed by atoms with Gasteiger partial charge in [-0.3, -0.25) is 9.59 Å². The lowest BCUT2D eigenvalue weighted by atomic mass is 10.2. The van der Waals surface area contributed by atoms with E-state index in [2.05, 4.69) is 0 Å². The average Bonchev–Trinajstić information content (AvgIpc) is 2.38. The van der Waals surface area contributed by atoms with Crippen LogP contribution in [0.5, 0.6) is 0 Å². The molecule has 0 aromatic rings. The summed E-state index contributed by atoms with van der Waals surface area (Å²) in [4.78, 5) is 34.2. The van der Waals surface area contributed by atoms with Gasteiger partial charge in [0, 0.05) is 6.92 Å². The molecule has 0 saturated carbocycles. The van der Waals surface area contributed by atoms with Crippen LogP contribution in [0.15, 0.2) is 0 Å². The number of hydrogen-bond donors (Lipinski definition) is 0. The third kappa shape index (κ3) is 9.35. The molecule has 0 rings (SSSR count). The van der Waals surface area contributed by atoms with Gasteiger partial charge < -0.3 is 14.2 Å². The Morgan fingerprint density at radius 3 is 2.00 bits per heavy atom. The minimum Gasteiger partial charge on any atom is -0.466 e. The molecule has 0 N–H and O–H groups in total. The van der Waals surface area contributed by atoms with Gasteiger partial charge in [-0.05, 0) is 12.8 Å². The van der Waals surface area contributed by atoms with Crippen LogP contribution in [-0.2, 0) is 28.6 Å². The normalized spacial score (nSPS) is 11.6. The quantitative estimate of drug-likeness (QED) is 0.347. The van der Waals surface area contributed by atoms with Crippen molar-refractivity contribution in [2.24, 2.45) is 0 Å². The monoisotopic (exact) mass is 288 g/mol. The van der Waals surface area contributed by atoms with Crippen molar-refractivity contribution in [3.05, 3.63) is 0 Å². The average molecular weight is 288 g/mol. The van der Waals surface area contributed by atoms with Gasteiger partial charge in [-0.15, -0.1) is 0 Å². The summed E-state index contributed by atoms with van der Waals surface area (Å²) in [6.07, 6.45) is 1.72. The predicted molar refractivity (Wildman–Crippen MR) is 71.9 cm³/mol. The van der Waals surface area contributed by atoms with Gasteiger partial charge in [-0.2, -0.15) is 0 Å². The fraction of sp³-hybridized carbons (Fsp3) is 0.786. The zero-order valence-electron chi connectivity index (χ0n) is 12.5. The second-order valence-corrected chi connectivity index (χ2v) is 4.40. The summed E-state index contributed by atoms with van der Waals surface area (Å²) in [6, 6.07) is 0. The maximum Gasteiger partial charge on any atom is 0.348 e. The van der Waals surface area contributed by atoms with Crippen LogP contribution in [0.4, 0.5) is 0 Å². The van der Waals surface area contributed by atoms with E-state index in [9.17, 15) is 14.4 Å². The Hall–Kier alpha value is -1.59. The number of hydrogen-bond acceptors (Lipinski definition) is 6. The van der Waals surface area contributed by atoms with Gasteiger partial charge in [0.25, 0.3) is 0 Å². The Morgan fingerprint density at radius 1 is 0.950 bits per heavy atom. The maximum atomic E-state index is 11.7. The first-order valence-electron chi connectivity index (χ1n) is 7.00. The van der Waals surface area contributed by atoms with Crippen LogP contribution in [-0.4, -0.2) is 37.2 Å². The Labute approximate surface area is 119 Å². The summed E-state index contributed by atoms with van der Waals surface area (Å²) in [6.45, 7) is 5.66. The smallest absolute Gasteiger partial charge is 0.348 e. The van der Waals surface area contributed by atoms with Crippen molar-refractivity contribution < 1.29 is 28.6 Å². The van der Waals surface area contributed by atoms with Crippen LogP contribution < -0.4 is 0 Å². The first-order valence-corrected chi connectivity index (χ1v) is 7.00. The third-order valence-electron chi connectivity index (χ3n) is 2.43. The number of esters is 3. The van der Waals surface area contributed by atoms with Crippen LogP contribution in [0, 0.1) is 0 Å². The van der Waals surface area contributed by atoms with E-state index >= 15 is 0 Å². The van der Waals surface area contributed by atoms with Gasteiger partial charge in [0.2, 0.25) is 6.10 Å². The van der Waals surface area contributed by atoms with E-state index in [1.54, 1.807) is 0 Å². The largest absolute Gasteiger partial charge is 0.466 e. The van der Waals surface area contributed by atoms with Gasteiger partial charge >= 0.3 is 17.9 Å². The molecule has 0 bridgehead atoms. The Morgan fingerprint density at radius 2 is 1.50 bits per heavy atom. The van der Waals surface area contributed by atoms with Gasteiger partial charge in [0.15, 0.2) is 0 Å². The number of unbranched alkanes of at least 4 members (excludes halogenated alkanes) is 2. The van der Waals surface area contributed by atoms with E-state index in [-0.39, 0.29) is 13.0 Å². The molecule has 20 heavy (non-hydrogen) atoms. The summed E-state index contributed by atoms with van der Waals surface area (Å²) in [5.41, 5.74) is 0. The van der Waals surface area contributed by atoms with Gasteiger partial charge in [0.1, 0.15) is 0 Å². The maximum absolute atomic E-state index is 11.7. The molecule has 0 heterocycles. The van der Waals surface area contributed by atoms with Gasteiger partial charge in [0.05, 0.1) is 19.6 Å². The molecule has 116 valence electrons. The lowest BCUT2D eigenvalue weighted by Crippen LogP contribution is -2.31. The van der Waals surface area contributed by atoms with Crippen LogP contribution in [0.3, 0.4) is 0 Å². The van der Waals surface area contributed by atoms with Crippen molar-refractivity contribution in [2.45, 2.75) is 59.0 Å². The molecule has 0 saturated heterocycles. The highest BCUT2D eigenvalue weighted by atomic mass is 16.6. The Bertz CT molecular complexity index is 313. The third-order valence-corrected chi connectivity index (χ3v) is 2.43. The number of ether oxygens (including phenoxy) is 3. The number of rotatable bonds is 10. The Kier molecular flexibility index (Phi) is 10.4. The highest BCUT2D eigenvalue weighted by Crippen LogP contribution is 2.06. The first kappa shape index (κ1) is 18.4. The van der Waals surface area contributed by atoms with E-state index in [1.807, 2.05) is 13.8 Å². The molecule has 0 amide bonds. The molecule has 6 heteroatoms. The highest BCUT2D eigenvalue weighted by molar-refractivity contribution is 5.84. The molecular formula is C14H24O6. The van der Waals surface area contributed by atoms with E-state index in [4.69, 9.17) is 14.2 Å². The molecule has 1 unspecified atom stereocenters. The fourth-order valence-electron chi connectivity index (χ4n) is 1.32. The molecule has 0 aliphatic carbocycles. The van der Waals surface area contributed by atoms with E-state index in [0.717, 1.165) is 25.7 Å². The lowest BCUT2D eigenvalue weighted by molar-refractivity contribution is -0.170. The Balaban J connectivity index is 4.28. The molecule has 0 fully saturated rings. The van der Waals surface area contributed by atoms with Gasteiger partial charge in [-0.1, -0.05) is 26.7 Å². The fourth-order valence-corrected chi connectivity index (χ4v) is 1.32. The second kappa shape index (κ2) is 11.3. The molecule has 0 spiro atoms. The van der Waals surface area contributed by atoms with Crippen LogP contribution in [0.2, 0.25) is 0 Å². The summed E-state index contributed by atoms with van der Waals surface area (Å²) >= 11 is 0. The summed E-state index contributed by atoms with van der Waals surface area (Å²) in [5.74, 6) is -1.91. The van der Waals surface area contributed by atoms with Crippen molar-refractivity contribution in [3.8, 4) is 0 Å². The second-order valence-electron chi connectivity index (χ2n) is 4.40. The van der Waals surface area contributed by atoms with E-state index in [1.165, 1.54) is 6.92 Å². The van der Waals surface area contributed by atoms with Crippen molar-refractivity contribution in [1.82, 2.24) is 0 Å². The SMILES string of the molecule is CCCCOC(=O)CC(OC(C)=O)C(=O)OCCCC. The molecule has 0 aliphatic rings. The van der Waals surface area contributed by atoms with Crippen molar-refractivity contribution in [3.63, 3.8) is 0 Å². The topological polar surface area (TPSA) is 78.9 Å². The van der Waals surface area contributed by atoms with E-state index < -0.39 is 24.0 Å². The molecule has 0 aromatic carbocycles. The summed E-state index contributed by atoms with van der Waals surface area (Å²) < 4.78 is 14.7.